The highest BCUT2D eigenvalue weighted by Gasteiger charge is 2.56. The molecule has 4 aliphatic rings. The molecule has 4 aliphatic heterocycles. The third kappa shape index (κ3) is 8.50. The van der Waals surface area contributed by atoms with Gasteiger partial charge in [0, 0.05) is 14.0 Å². The van der Waals surface area contributed by atoms with Gasteiger partial charge < -0.3 is 104 Å². The maximum atomic E-state index is 12.4. The minimum atomic E-state index is -2.02. The SMILES string of the molecule is CO[C@H]1[C@H](O[C@H]2[C@H](O)[C@@H](CO)O[C@@H](O[C@H]3[C@@H](O)[C@@H](CO)O[C@@H](O[C@H]4[C@H](O)[C@@H](O)[C@H](O)O[C@@H]4CO)[C@@H]3O)[C@@H]2NC(C)=O)O[C@H](CO)[C@H](O)[C@@H]1O. The lowest BCUT2D eigenvalue weighted by Gasteiger charge is -2.50. The van der Waals surface area contributed by atoms with Gasteiger partial charge in [0.05, 0.1) is 26.4 Å². The molecule has 4 rings (SSSR count). The molecule has 22 heteroatoms. The maximum Gasteiger partial charge on any atom is 0.217 e. The standard InChI is InChI=1S/C27H47NO21/c1-7(33)28-12-21(48-27-23(42-2)16(37)13(34)8(3-29)46-27)14(35)9(4-30)44-25(12)49-22-15(36)10(5-31)45-26(19(22)40)47-20-11(6-32)43-24(41)18(39)17(20)38/h8-27,29-32,34-41H,3-6H2,1-2H3,(H,28,33)/t8-,9-,10-,11-,12-,13+,14-,15+,16+,17-,18-,19-,20-,21-,22+,23-,24-,25+,26+,27+/m1/s1. The molecule has 0 aliphatic carbocycles. The summed E-state index contributed by atoms with van der Waals surface area (Å²) in [7, 11) is 1.15. The highest BCUT2D eigenvalue weighted by atomic mass is 16.8. The van der Waals surface area contributed by atoms with Crippen molar-refractivity contribution in [3.63, 3.8) is 0 Å². The van der Waals surface area contributed by atoms with Crippen molar-refractivity contribution in [1.29, 1.82) is 0 Å². The molecule has 20 atom stereocenters. The summed E-state index contributed by atoms with van der Waals surface area (Å²) in [5.41, 5.74) is 0. The van der Waals surface area contributed by atoms with E-state index in [1.54, 1.807) is 0 Å². The van der Waals surface area contributed by atoms with E-state index >= 15 is 0 Å². The Morgan fingerprint density at radius 2 is 1.00 bits per heavy atom. The number of rotatable bonds is 12. The first kappa shape index (κ1) is 40.4. The zero-order chi connectivity index (χ0) is 36.3. The van der Waals surface area contributed by atoms with Crippen LogP contribution in [0.5, 0.6) is 0 Å². The highest BCUT2D eigenvalue weighted by Crippen LogP contribution is 2.34. The summed E-state index contributed by atoms with van der Waals surface area (Å²) in [5, 5.41) is 127. The average Bonchev–Trinajstić information content (AvgIpc) is 3.07. The largest absolute Gasteiger partial charge is 0.394 e. The van der Waals surface area contributed by atoms with E-state index in [0.29, 0.717) is 0 Å². The van der Waals surface area contributed by atoms with E-state index in [4.69, 9.17) is 37.9 Å². The van der Waals surface area contributed by atoms with Crippen LogP contribution in [0.1, 0.15) is 6.92 Å². The number of aliphatic hydroxyl groups is 12. The number of ether oxygens (including phenoxy) is 8. The van der Waals surface area contributed by atoms with Gasteiger partial charge in [0.15, 0.2) is 25.2 Å². The normalized spacial score (nSPS) is 49.4. The number of aliphatic hydroxyl groups excluding tert-OH is 12. The number of carbonyl (C=O) groups excluding carboxylic acids is 1. The van der Waals surface area contributed by atoms with Gasteiger partial charge in [-0.3, -0.25) is 4.79 Å². The first-order valence-corrected chi connectivity index (χ1v) is 15.5. The van der Waals surface area contributed by atoms with Crippen LogP contribution >= 0.6 is 0 Å². The summed E-state index contributed by atoms with van der Waals surface area (Å²) in [6, 6.07) is -1.55. The van der Waals surface area contributed by atoms with Crippen molar-refractivity contribution in [2.45, 2.75) is 130 Å². The van der Waals surface area contributed by atoms with Crippen LogP contribution in [0.25, 0.3) is 0 Å². The van der Waals surface area contributed by atoms with E-state index < -0.39 is 155 Å². The summed E-state index contributed by atoms with van der Waals surface area (Å²) in [4.78, 5) is 12.4. The van der Waals surface area contributed by atoms with Gasteiger partial charge in [0.2, 0.25) is 5.91 Å². The molecule has 22 nitrogen and oxygen atoms in total. The van der Waals surface area contributed by atoms with Crippen LogP contribution in [-0.4, -0.2) is 223 Å². The monoisotopic (exact) mass is 721 g/mol. The van der Waals surface area contributed by atoms with Gasteiger partial charge in [-0.05, 0) is 0 Å². The molecule has 4 saturated heterocycles. The highest BCUT2D eigenvalue weighted by molar-refractivity contribution is 5.73. The van der Waals surface area contributed by atoms with Crippen molar-refractivity contribution in [2.75, 3.05) is 33.5 Å². The Labute approximate surface area is 278 Å². The molecule has 0 saturated carbocycles. The van der Waals surface area contributed by atoms with Gasteiger partial charge in [0.1, 0.15) is 97.6 Å². The van der Waals surface area contributed by atoms with E-state index in [0.717, 1.165) is 14.0 Å². The topological polar surface area (TPSA) is 346 Å². The lowest BCUT2D eigenvalue weighted by atomic mass is 9.94. The summed E-state index contributed by atoms with van der Waals surface area (Å²) >= 11 is 0. The minimum absolute atomic E-state index is 0.730. The molecule has 0 aromatic carbocycles. The predicted molar refractivity (Wildman–Crippen MR) is 150 cm³/mol. The smallest absolute Gasteiger partial charge is 0.217 e. The first-order valence-electron chi connectivity index (χ1n) is 15.5. The fraction of sp³-hybridized carbons (Fsp3) is 0.963. The van der Waals surface area contributed by atoms with Crippen molar-refractivity contribution < 1.29 is 104 Å². The van der Waals surface area contributed by atoms with E-state index in [9.17, 15) is 66.1 Å². The van der Waals surface area contributed by atoms with Crippen LogP contribution in [0.4, 0.5) is 0 Å². The molecule has 13 N–H and O–H groups in total. The van der Waals surface area contributed by atoms with Crippen molar-refractivity contribution in [1.82, 2.24) is 5.32 Å². The Morgan fingerprint density at radius 1 is 0.531 bits per heavy atom. The molecule has 0 aromatic heterocycles. The summed E-state index contributed by atoms with van der Waals surface area (Å²) in [6.07, 6.45) is -32.2. The molecular weight excluding hydrogens is 674 g/mol. The van der Waals surface area contributed by atoms with E-state index in [1.165, 1.54) is 0 Å². The molecule has 286 valence electrons. The summed E-state index contributed by atoms with van der Waals surface area (Å²) < 4.78 is 44.5. The number of carbonyl (C=O) groups is 1. The van der Waals surface area contributed by atoms with Crippen molar-refractivity contribution in [2.24, 2.45) is 0 Å². The van der Waals surface area contributed by atoms with Gasteiger partial charge in [-0.15, -0.1) is 0 Å². The molecule has 1 amide bonds. The van der Waals surface area contributed by atoms with Crippen LogP contribution in [0, 0.1) is 0 Å². The molecular formula is C27H47NO21. The molecule has 4 fully saturated rings. The minimum Gasteiger partial charge on any atom is -0.394 e. The fourth-order valence-corrected chi connectivity index (χ4v) is 6.18. The number of nitrogens with one attached hydrogen (secondary N) is 1. The second-order valence-corrected chi connectivity index (χ2v) is 12.1. The Morgan fingerprint density at radius 3 is 1.55 bits per heavy atom. The van der Waals surface area contributed by atoms with Crippen LogP contribution in [0.3, 0.4) is 0 Å². The van der Waals surface area contributed by atoms with Crippen LogP contribution in [0.15, 0.2) is 0 Å². The number of hydrogen-bond donors (Lipinski definition) is 13. The summed E-state index contributed by atoms with van der Waals surface area (Å²) in [5.74, 6) is -0.730. The summed E-state index contributed by atoms with van der Waals surface area (Å²) in [6.45, 7) is -2.26. The van der Waals surface area contributed by atoms with Crippen LogP contribution in [0.2, 0.25) is 0 Å². The quantitative estimate of drug-likeness (QED) is 0.0889. The van der Waals surface area contributed by atoms with E-state index in [-0.39, 0.29) is 0 Å². The Hall–Kier alpha value is -1.33. The number of amides is 1. The van der Waals surface area contributed by atoms with Gasteiger partial charge in [0.25, 0.3) is 0 Å². The second kappa shape index (κ2) is 17.5. The van der Waals surface area contributed by atoms with Crippen LogP contribution in [-0.2, 0) is 42.7 Å². The number of hydrogen-bond acceptors (Lipinski definition) is 21. The molecule has 0 unspecified atom stereocenters. The van der Waals surface area contributed by atoms with Gasteiger partial charge in [-0.25, -0.2) is 0 Å². The molecule has 0 radical (unpaired) electrons. The molecule has 4 heterocycles. The lowest BCUT2D eigenvalue weighted by molar-refractivity contribution is -0.379. The molecule has 49 heavy (non-hydrogen) atoms. The Balaban J connectivity index is 1.62. The van der Waals surface area contributed by atoms with Crippen molar-refractivity contribution >= 4 is 5.91 Å². The zero-order valence-corrected chi connectivity index (χ0v) is 26.4. The first-order chi connectivity index (χ1) is 23.2. The van der Waals surface area contributed by atoms with E-state index in [1.807, 2.05) is 0 Å². The van der Waals surface area contributed by atoms with Gasteiger partial charge in [-0.1, -0.05) is 0 Å². The Kier molecular flexibility index (Phi) is 14.4. The maximum absolute atomic E-state index is 12.4. The lowest BCUT2D eigenvalue weighted by Crippen LogP contribution is -2.70. The third-order valence-electron chi connectivity index (χ3n) is 8.86. The number of methoxy groups -OCH3 is 1. The predicted octanol–water partition coefficient (Wildman–Crippen LogP) is -8.95. The molecule has 0 aromatic rings. The van der Waals surface area contributed by atoms with Crippen LogP contribution < -0.4 is 5.32 Å². The molecule has 0 spiro atoms. The van der Waals surface area contributed by atoms with Gasteiger partial charge in [-0.2, -0.15) is 0 Å². The fourth-order valence-electron chi connectivity index (χ4n) is 6.18. The van der Waals surface area contributed by atoms with E-state index in [2.05, 4.69) is 5.32 Å². The van der Waals surface area contributed by atoms with Crippen molar-refractivity contribution in [3.05, 3.63) is 0 Å². The van der Waals surface area contributed by atoms with Crippen molar-refractivity contribution in [3.8, 4) is 0 Å². The van der Waals surface area contributed by atoms with Gasteiger partial charge >= 0.3 is 0 Å². The zero-order valence-electron chi connectivity index (χ0n) is 26.4. The second-order valence-electron chi connectivity index (χ2n) is 12.1. The third-order valence-corrected chi connectivity index (χ3v) is 8.86. The molecule has 0 bridgehead atoms. The Bertz CT molecular complexity index is 1040. The average molecular weight is 722 g/mol.